The Kier molecular flexibility index (Phi) is 12.4. The normalized spacial score (nSPS) is 8.85. The molecule has 0 aliphatic carbocycles. The Morgan fingerprint density at radius 3 is 2.46 bits per heavy atom. The zero-order chi connectivity index (χ0) is 9.56. The molecule has 0 fully saturated rings. The van der Waals surface area contributed by atoms with Crippen molar-refractivity contribution in [3.63, 3.8) is 0 Å². The molecule has 0 aromatic carbocycles. The Morgan fingerprint density at radius 2 is 2.08 bits per heavy atom. The van der Waals surface area contributed by atoms with Crippen LogP contribution in [0.15, 0.2) is 0 Å². The molecule has 0 spiro atoms. The van der Waals surface area contributed by atoms with Crippen LogP contribution in [0.5, 0.6) is 0 Å². The van der Waals surface area contributed by atoms with E-state index in [4.69, 9.17) is 12.2 Å². The second-order valence-corrected chi connectivity index (χ2v) is 4.43. The van der Waals surface area contributed by atoms with Gasteiger partial charge in [0.1, 0.15) is 4.32 Å². The smallest absolute Gasteiger partial charge is 1.00 e. The summed E-state index contributed by atoms with van der Waals surface area (Å²) in [5.41, 5.74) is 0. The van der Waals surface area contributed by atoms with Crippen molar-refractivity contribution in [3.05, 3.63) is 0 Å². The van der Waals surface area contributed by atoms with E-state index in [1.54, 1.807) is 4.90 Å². The van der Waals surface area contributed by atoms with Gasteiger partial charge >= 0.3 is 37.7 Å². The van der Waals surface area contributed by atoms with Gasteiger partial charge in [0.15, 0.2) is 5.12 Å². The van der Waals surface area contributed by atoms with E-state index in [0.29, 0.717) is 10.7 Å². The minimum absolute atomic E-state index is 0. The maximum absolute atomic E-state index is 11.2. The average molecular weight is 247 g/mol. The second-order valence-electron chi connectivity index (χ2n) is 2.74. The molecule has 0 unspecified atom stereocenters. The fourth-order valence-corrected chi connectivity index (χ4v) is 1.46. The molecule has 0 bridgehead atoms. The van der Waals surface area contributed by atoms with Crippen molar-refractivity contribution >= 4 is 71.2 Å². The van der Waals surface area contributed by atoms with Crippen LogP contribution in [0, 0.1) is 0 Å². The number of carbonyl (C=O) groups excluding carboxylic acids is 1. The molecule has 0 N–H and O–H groups in total. The van der Waals surface area contributed by atoms with Crippen molar-refractivity contribution in [2.24, 2.45) is 0 Å². The Balaban J connectivity index is -0.000000202. The van der Waals surface area contributed by atoms with Crippen molar-refractivity contribution < 1.29 is 7.65 Å². The van der Waals surface area contributed by atoms with Gasteiger partial charge in [0.2, 0.25) is 0 Å². The summed E-state index contributed by atoms with van der Waals surface area (Å²) in [7, 11) is 3.70. The molecular weight excluding hydrogens is 230 g/mol. The van der Waals surface area contributed by atoms with Gasteiger partial charge in [0, 0.05) is 20.5 Å². The number of nitrogens with zero attached hydrogens (tertiary/aromatic N) is 1. The van der Waals surface area contributed by atoms with Crippen LogP contribution in [-0.4, -0.2) is 66.2 Å². The van der Waals surface area contributed by atoms with Gasteiger partial charge in [0.05, 0.1) is 0 Å². The SMILES string of the molecule is CCCCC(=O)SC(=S)N(C)C.[Ca+2].[H-].[H-]. The van der Waals surface area contributed by atoms with Crippen LogP contribution >= 0.6 is 24.0 Å². The largest absolute Gasteiger partial charge is 2.00 e. The van der Waals surface area contributed by atoms with E-state index >= 15 is 0 Å². The number of carbonyl (C=O) groups is 1. The number of thioether (sulfide) groups is 1. The average Bonchev–Trinajstić information content (AvgIpc) is 2.00. The first kappa shape index (κ1) is 16.6. The zero-order valence-corrected chi connectivity index (χ0v) is 12.3. The van der Waals surface area contributed by atoms with Crippen LogP contribution in [0.1, 0.15) is 29.0 Å². The molecule has 0 aliphatic heterocycles. The quantitative estimate of drug-likeness (QED) is 0.562. The van der Waals surface area contributed by atoms with E-state index < -0.39 is 0 Å². The summed E-state index contributed by atoms with van der Waals surface area (Å²) in [5.74, 6) is 0. The molecule has 13 heavy (non-hydrogen) atoms. The summed E-state index contributed by atoms with van der Waals surface area (Å²) in [6.07, 6.45) is 2.65. The first-order valence-corrected chi connectivity index (χ1v) is 5.22. The molecule has 0 rings (SSSR count). The van der Waals surface area contributed by atoms with Gasteiger partial charge < -0.3 is 7.75 Å². The van der Waals surface area contributed by atoms with Gasteiger partial charge in [-0.3, -0.25) is 4.79 Å². The number of rotatable bonds is 3. The van der Waals surface area contributed by atoms with Gasteiger partial charge in [-0.2, -0.15) is 0 Å². The standard InChI is InChI=1S/C8H15NOS2.Ca.2H/c1-4-5-6-7(10)12-8(11)9(2)3;;;/h4-6H2,1-3H3;;;/q;+2;2*-1. The van der Waals surface area contributed by atoms with Crippen LogP contribution in [0.2, 0.25) is 0 Å². The molecule has 0 aromatic heterocycles. The molecule has 2 nitrogen and oxygen atoms in total. The van der Waals surface area contributed by atoms with Crippen LogP contribution in [-0.2, 0) is 4.79 Å². The second kappa shape index (κ2) is 9.71. The maximum atomic E-state index is 11.2. The maximum Gasteiger partial charge on any atom is 2.00 e. The van der Waals surface area contributed by atoms with Crippen LogP contribution in [0.3, 0.4) is 0 Å². The molecule has 74 valence electrons. The first-order chi connectivity index (χ1) is 5.57. The van der Waals surface area contributed by atoms with Gasteiger partial charge in [0.25, 0.3) is 0 Å². The van der Waals surface area contributed by atoms with E-state index in [2.05, 4.69) is 6.92 Å². The van der Waals surface area contributed by atoms with E-state index in [0.717, 1.165) is 12.8 Å². The Morgan fingerprint density at radius 1 is 1.54 bits per heavy atom. The number of hydrogen-bond donors (Lipinski definition) is 0. The van der Waals surface area contributed by atoms with Crippen molar-refractivity contribution in [2.45, 2.75) is 26.2 Å². The molecule has 0 aliphatic rings. The topological polar surface area (TPSA) is 20.3 Å². The van der Waals surface area contributed by atoms with Crippen molar-refractivity contribution in [1.29, 1.82) is 0 Å². The summed E-state index contributed by atoms with van der Waals surface area (Å²) in [4.78, 5) is 12.9. The third kappa shape index (κ3) is 9.47. The third-order valence-electron chi connectivity index (χ3n) is 1.30. The van der Waals surface area contributed by atoms with Gasteiger partial charge in [-0.25, -0.2) is 0 Å². The minimum atomic E-state index is 0. The molecule has 0 radical (unpaired) electrons. The minimum Gasteiger partial charge on any atom is -1.00 e. The Bertz CT molecular complexity index is 182. The fourth-order valence-electron chi connectivity index (χ4n) is 0.561. The zero-order valence-electron chi connectivity index (χ0n) is 10.5. The van der Waals surface area contributed by atoms with Crippen LogP contribution < -0.4 is 0 Å². The predicted octanol–water partition coefficient (Wildman–Crippen LogP) is 2.13. The molecule has 5 heteroatoms. The Labute approximate surface area is 123 Å². The van der Waals surface area contributed by atoms with E-state index in [9.17, 15) is 4.79 Å². The summed E-state index contributed by atoms with van der Waals surface area (Å²) >= 11 is 6.14. The van der Waals surface area contributed by atoms with E-state index in [1.165, 1.54) is 11.8 Å². The molecule has 0 amide bonds. The van der Waals surface area contributed by atoms with Gasteiger partial charge in [-0.1, -0.05) is 25.6 Å². The molecule has 0 saturated carbocycles. The molecular formula is C8H17CaNOS2. The fraction of sp³-hybridized carbons (Fsp3) is 0.750. The van der Waals surface area contributed by atoms with Crippen molar-refractivity contribution in [2.75, 3.05) is 14.1 Å². The van der Waals surface area contributed by atoms with E-state index in [1.807, 2.05) is 14.1 Å². The first-order valence-electron chi connectivity index (χ1n) is 4.00. The van der Waals surface area contributed by atoms with Crippen molar-refractivity contribution in [3.8, 4) is 0 Å². The number of unbranched alkanes of at least 4 members (excludes halogenated alkanes) is 1. The predicted molar refractivity (Wildman–Crippen MR) is 66.4 cm³/mol. The van der Waals surface area contributed by atoms with Gasteiger partial charge in [-0.15, -0.1) is 0 Å². The Hall–Kier alpha value is 1.17. The summed E-state index contributed by atoms with van der Waals surface area (Å²) in [6, 6.07) is 0. The summed E-state index contributed by atoms with van der Waals surface area (Å²) in [6.45, 7) is 2.07. The summed E-state index contributed by atoms with van der Waals surface area (Å²) < 4.78 is 0.649. The van der Waals surface area contributed by atoms with E-state index in [-0.39, 0.29) is 45.7 Å². The number of hydrogen-bond acceptors (Lipinski definition) is 3. The monoisotopic (exact) mass is 247 g/mol. The van der Waals surface area contributed by atoms with Crippen LogP contribution in [0.4, 0.5) is 0 Å². The van der Waals surface area contributed by atoms with Gasteiger partial charge in [-0.05, 0) is 18.2 Å². The third-order valence-corrected chi connectivity index (χ3v) is 2.89. The summed E-state index contributed by atoms with van der Waals surface area (Å²) in [5, 5.41) is 0.176. The molecule has 0 saturated heterocycles. The van der Waals surface area contributed by atoms with Crippen LogP contribution in [0.25, 0.3) is 0 Å². The molecule has 0 atom stereocenters. The molecule has 0 heterocycles. The number of thiocarbonyl (C=S) groups is 1. The molecule has 0 aromatic rings. The van der Waals surface area contributed by atoms with Crippen molar-refractivity contribution in [1.82, 2.24) is 4.90 Å².